The van der Waals surface area contributed by atoms with Crippen molar-refractivity contribution < 1.29 is 19.0 Å². The number of aryl methyl sites for hydroxylation is 2. The number of ether oxygens (including phenoxy) is 1. The molecule has 0 spiro atoms. The first-order valence-corrected chi connectivity index (χ1v) is 14.5. The van der Waals surface area contributed by atoms with Gasteiger partial charge < -0.3 is 9.84 Å². The summed E-state index contributed by atoms with van der Waals surface area (Å²) in [5.41, 5.74) is 8.90. The first kappa shape index (κ1) is 30.0. The molecule has 0 bridgehead atoms. The minimum Gasteiger partial charge on any atom is -0.462 e. The van der Waals surface area contributed by atoms with Crippen LogP contribution in [0, 0.1) is 5.82 Å². The van der Waals surface area contributed by atoms with Crippen LogP contribution in [0.15, 0.2) is 97.6 Å². The second-order valence-corrected chi connectivity index (χ2v) is 10.4. The Morgan fingerprint density at radius 2 is 1.37 bits per heavy atom. The van der Waals surface area contributed by atoms with Crippen LogP contribution >= 0.6 is 0 Å². The lowest BCUT2D eigenvalue weighted by Gasteiger charge is -2.14. The lowest BCUT2D eigenvalue weighted by molar-refractivity contribution is -0.137. The van der Waals surface area contributed by atoms with Crippen molar-refractivity contribution in [2.75, 3.05) is 13.2 Å². The Bertz CT molecular complexity index is 1440. The number of halogens is 1. The van der Waals surface area contributed by atoms with E-state index in [0.717, 1.165) is 64.6 Å². The van der Waals surface area contributed by atoms with Crippen molar-refractivity contribution in [1.82, 2.24) is 0 Å². The maximum Gasteiger partial charge on any atom is 0.330 e. The lowest BCUT2D eigenvalue weighted by atomic mass is 9.92. The van der Waals surface area contributed by atoms with Gasteiger partial charge in [0.1, 0.15) is 5.82 Å². The van der Waals surface area contributed by atoms with E-state index in [1.165, 1.54) is 24.5 Å². The maximum atomic E-state index is 15.2. The summed E-state index contributed by atoms with van der Waals surface area (Å²) >= 11 is 0. The number of aliphatic hydroxyl groups is 1. The summed E-state index contributed by atoms with van der Waals surface area (Å²) in [5, 5.41) is 9.03. The van der Waals surface area contributed by atoms with E-state index in [4.69, 9.17) is 9.84 Å². The van der Waals surface area contributed by atoms with Crippen molar-refractivity contribution in [3.63, 3.8) is 0 Å². The molecular weight excluding hydrogens is 511 g/mol. The Balaban J connectivity index is 1.53. The molecule has 4 aromatic rings. The summed E-state index contributed by atoms with van der Waals surface area (Å²) in [5.74, 6) is -0.673. The van der Waals surface area contributed by atoms with Gasteiger partial charge in [-0.25, -0.2) is 9.18 Å². The number of rotatable bonds is 14. The molecule has 0 aliphatic carbocycles. The molecule has 4 aromatic carbocycles. The van der Waals surface area contributed by atoms with Crippen molar-refractivity contribution >= 4 is 5.97 Å². The SMILES string of the molecule is C=CC(=O)OCCc1cc(CCCCC)ccc1-c1ccc(-c2ccc(-c3ccc(CCCO)cc3)c(F)c2)cc1. The monoisotopic (exact) mass is 550 g/mol. The minimum absolute atomic E-state index is 0.165. The third kappa shape index (κ3) is 8.25. The second-order valence-electron chi connectivity index (χ2n) is 10.4. The molecule has 212 valence electrons. The van der Waals surface area contributed by atoms with Crippen LogP contribution in [0.1, 0.15) is 49.3 Å². The van der Waals surface area contributed by atoms with Gasteiger partial charge in [-0.2, -0.15) is 0 Å². The van der Waals surface area contributed by atoms with Crippen LogP contribution in [-0.2, 0) is 28.8 Å². The molecule has 0 aromatic heterocycles. The highest BCUT2D eigenvalue weighted by molar-refractivity contribution is 5.81. The first-order valence-electron chi connectivity index (χ1n) is 14.5. The lowest BCUT2D eigenvalue weighted by Crippen LogP contribution is -2.05. The summed E-state index contributed by atoms with van der Waals surface area (Å²) in [7, 11) is 0. The van der Waals surface area contributed by atoms with Gasteiger partial charge in [-0.3, -0.25) is 0 Å². The normalized spacial score (nSPS) is 10.9. The molecule has 1 N–H and O–H groups in total. The number of carbonyl (C=O) groups excluding carboxylic acids is 1. The minimum atomic E-state index is -0.414. The zero-order chi connectivity index (χ0) is 29.0. The average Bonchev–Trinajstić information content (AvgIpc) is 3.00. The van der Waals surface area contributed by atoms with Gasteiger partial charge in [0.05, 0.1) is 6.61 Å². The van der Waals surface area contributed by atoms with E-state index < -0.39 is 5.97 Å². The topological polar surface area (TPSA) is 46.5 Å². The van der Waals surface area contributed by atoms with Crippen LogP contribution in [0.5, 0.6) is 0 Å². The van der Waals surface area contributed by atoms with Gasteiger partial charge in [0.2, 0.25) is 0 Å². The van der Waals surface area contributed by atoms with Gasteiger partial charge in [0, 0.05) is 24.7 Å². The Kier molecular flexibility index (Phi) is 11.0. The van der Waals surface area contributed by atoms with Crippen molar-refractivity contribution in [3.8, 4) is 33.4 Å². The van der Waals surface area contributed by atoms with Gasteiger partial charge in [0.15, 0.2) is 0 Å². The summed E-state index contributed by atoms with van der Waals surface area (Å²) in [4.78, 5) is 11.6. The van der Waals surface area contributed by atoms with Crippen LogP contribution in [0.4, 0.5) is 4.39 Å². The van der Waals surface area contributed by atoms with E-state index in [0.29, 0.717) is 18.6 Å². The van der Waals surface area contributed by atoms with Gasteiger partial charge in [-0.15, -0.1) is 0 Å². The molecule has 0 radical (unpaired) electrons. The molecule has 0 amide bonds. The summed E-state index contributed by atoms with van der Waals surface area (Å²) in [6, 6.07) is 28.0. The number of benzene rings is 4. The summed E-state index contributed by atoms with van der Waals surface area (Å²) in [6.45, 7) is 6.14. The molecule has 0 saturated heterocycles. The number of hydrogen-bond acceptors (Lipinski definition) is 3. The van der Waals surface area contributed by atoms with Crippen LogP contribution < -0.4 is 0 Å². The van der Waals surface area contributed by atoms with Crippen LogP contribution in [0.25, 0.3) is 33.4 Å². The Morgan fingerprint density at radius 1 is 0.756 bits per heavy atom. The van der Waals surface area contributed by atoms with Crippen LogP contribution in [0.2, 0.25) is 0 Å². The second kappa shape index (κ2) is 15.1. The fraction of sp³-hybridized carbons (Fsp3) is 0.270. The predicted molar refractivity (Wildman–Crippen MR) is 166 cm³/mol. The Morgan fingerprint density at radius 3 is 2.05 bits per heavy atom. The molecule has 0 saturated carbocycles. The fourth-order valence-corrected chi connectivity index (χ4v) is 5.10. The number of esters is 1. The molecule has 0 aliphatic rings. The van der Waals surface area contributed by atoms with E-state index in [2.05, 4.69) is 43.8 Å². The molecule has 4 heteroatoms. The first-order chi connectivity index (χ1) is 20.0. The van der Waals surface area contributed by atoms with E-state index >= 15 is 4.39 Å². The van der Waals surface area contributed by atoms with Crippen molar-refractivity contribution in [3.05, 3.63) is 120 Å². The number of hydrogen-bond donors (Lipinski definition) is 1. The predicted octanol–water partition coefficient (Wildman–Crippen LogP) is 8.76. The Hall–Kier alpha value is -4.02. The highest BCUT2D eigenvalue weighted by Crippen LogP contribution is 2.31. The smallest absolute Gasteiger partial charge is 0.330 e. The summed E-state index contributed by atoms with van der Waals surface area (Å²) in [6.07, 6.45) is 7.90. The van der Waals surface area contributed by atoms with Crippen molar-refractivity contribution in [2.24, 2.45) is 0 Å². The molecule has 0 heterocycles. The average molecular weight is 551 g/mol. The van der Waals surface area contributed by atoms with Crippen LogP contribution in [0.3, 0.4) is 0 Å². The molecule has 0 fully saturated rings. The van der Waals surface area contributed by atoms with E-state index in [9.17, 15) is 4.79 Å². The molecule has 0 aliphatic heterocycles. The third-order valence-electron chi connectivity index (χ3n) is 7.41. The maximum absolute atomic E-state index is 15.2. The van der Waals surface area contributed by atoms with E-state index in [-0.39, 0.29) is 12.4 Å². The highest BCUT2D eigenvalue weighted by atomic mass is 19.1. The van der Waals surface area contributed by atoms with Gasteiger partial charge in [-0.05, 0) is 76.3 Å². The number of unbranched alkanes of at least 4 members (excludes halogenated alkanes) is 2. The number of carbonyl (C=O) groups is 1. The fourth-order valence-electron chi connectivity index (χ4n) is 5.10. The molecule has 0 unspecified atom stereocenters. The van der Waals surface area contributed by atoms with Crippen LogP contribution in [-0.4, -0.2) is 24.3 Å². The molecule has 41 heavy (non-hydrogen) atoms. The molecule has 3 nitrogen and oxygen atoms in total. The molecule has 0 atom stereocenters. The quantitative estimate of drug-likeness (QED) is 0.0970. The third-order valence-corrected chi connectivity index (χ3v) is 7.41. The summed E-state index contributed by atoms with van der Waals surface area (Å²) < 4.78 is 20.5. The molecule has 4 rings (SSSR count). The Labute approximate surface area is 243 Å². The standard InChI is InChI=1S/C37H39FO3/c1-3-5-6-8-28-12-20-34(33(25-28)22-24-41-37(40)4-2)30-17-15-29(16-18-30)32-19-21-35(36(38)26-32)31-13-10-27(11-14-31)9-7-23-39/h4,10-21,25-26,39H,2-3,5-9,22-24H2,1H3. The highest BCUT2D eigenvalue weighted by Gasteiger charge is 2.11. The van der Waals surface area contributed by atoms with E-state index in [1.807, 2.05) is 48.5 Å². The van der Waals surface area contributed by atoms with Gasteiger partial charge >= 0.3 is 5.97 Å². The van der Waals surface area contributed by atoms with E-state index in [1.54, 1.807) is 6.07 Å². The zero-order valence-electron chi connectivity index (χ0n) is 23.9. The largest absolute Gasteiger partial charge is 0.462 e. The van der Waals surface area contributed by atoms with Crippen molar-refractivity contribution in [1.29, 1.82) is 0 Å². The van der Waals surface area contributed by atoms with Gasteiger partial charge in [0.25, 0.3) is 0 Å². The molecular formula is C37H39FO3. The zero-order valence-corrected chi connectivity index (χ0v) is 23.9. The van der Waals surface area contributed by atoms with Crippen molar-refractivity contribution in [2.45, 2.75) is 51.9 Å². The number of aliphatic hydroxyl groups excluding tert-OH is 1. The van der Waals surface area contributed by atoms with Gasteiger partial charge in [-0.1, -0.05) is 105 Å².